The third-order valence-corrected chi connectivity index (χ3v) is 4.58. The smallest absolute Gasteiger partial charge is 0.394 e. The van der Waals surface area contributed by atoms with Gasteiger partial charge in [0.15, 0.2) is 6.23 Å². The average Bonchev–Trinajstić information content (AvgIpc) is 3.10. The second kappa shape index (κ2) is 5.92. The molecule has 26 heavy (non-hydrogen) atoms. The predicted molar refractivity (Wildman–Crippen MR) is 85.3 cm³/mol. The lowest BCUT2D eigenvalue weighted by molar-refractivity contribution is -0.154. The Kier molecular flexibility index (Phi) is 3.92. The van der Waals surface area contributed by atoms with Gasteiger partial charge < -0.3 is 20.1 Å². The summed E-state index contributed by atoms with van der Waals surface area (Å²) < 4.78 is 46.7. The van der Waals surface area contributed by atoms with Gasteiger partial charge in [0.25, 0.3) is 0 Å². The predicted octanol–water partition coefficient (Wildman–Crippen LogP) is 1.82. The summed E-state index contributed by atoms with van der Waals surface area (Å²) in [5.41, 5.74) is 0.208. The molecule has 0 aliphatic carbocycles. The molecule has 0 bridgehead atoms. The number of imidazole rings is 1. The first kappa shape index (κ1) is 17.2. The van der Waals surface area contributed by atoms with Crippen LogP contribution in [0.5, 0.6) is 0 Å². The molecule has 1 aliphatic rings. The van der Waals surface area contributed by atoms with E-state index in [1.54, 1.807) is 24.3 Å². The van der Waals surface area contributed by atoms with Crippen LogP contribution in [0.25, 0.3) is 21.8 Å². The Balaban J connectivity index is 1.98. The fraction of sp³-hybridized carbons (Fsp3) is 0.353. The fourth-order valence-corrected chi connectivity index (χ4v) is 3.33. The molecule has 138 valence electrons. The van der Waals surface area contributed by atoms with Gasteiger partial charge in [0.2, 0.25) is 5.82 Å². The molecule has 3 aromatic rings. The Hall–Kier alpha value is -2.20. The van der Waals surface area contributed by atoms with E-state index < -0.39 is 43.1 Å². The molecule has 4 unspecified atom stereocenters. The van der Waals surface area contributed by atoms with Crippen LogP contribution in [0.2, 0.25) is 0 Å². The van der Waals surface area contributed by atoms with E-state index in [2.05, 4.69) is 4.98 Å². The van der Waals surface area contributed by atoms with Crippen molar-refractivity contribution >= 4 is 21.8 Å². The summed E-state index contributed by atoms with van der Waals surface area (Å²) in [7, 11) is 0. The fourth-order valence-electron chi connectivity index (χ4n) is 3.33. The zero-order valence-corrected chi connectivity index (χ0v) is 13.3. The lowest BCUT2D eigenvalue weighted by atomic mass is 10.1. The van der Waals surface area contributed by atoms with Crippen molar-refractivity contribution in [2.75, 3.05) is 6.61 Å². The molecule has 4 atom stereocenters. The minimum absolute atomic E-state index is 0.0914. The summed E-state index contributed by atoms with van der Waals surface area (Å²) in [4.78, 5) is 3.69. The van der Waals surface area contributed by atoms with Gasteiger partial charge in [-0.3, -0.25) is 4.57 Å². The first-order chi connectivity index (χ1) is 12.3. The Labute approximate surface area is 145 Å². The third kappa shape index (κ3) is 2.55. The monoisotopic (exact) mass is 368 g/mol. The first-order valence-corrected chi connectivity index (χ1v) is 7.91. The Morgan fingerprint density at radius 3 is 2.31 bits per heavy atom. The quantitative estimate of drug-likeness (QED) is 0.642. The summed E-state index contributed by atoms with van der Waals surface area (Å²) in [6.07, 6.45) is -10.7. The second-order valence-corrected chi connectivity index (χ2v) is 6.22. The van der Waals surface area contributed by atoms with Crippen LogP contribution >= 0.6 is 0 Å². The first-order valence-electron chi connectivity index (χ1n) is 7.91. The van der Waals surface area contributed by atoms with Gasteiger partial charge in [0.1, 0.15) is 18.3 Å². The number of benzene rings is 2. The molecule has 0 saturated carbocycles. The van der Waals surface area contributed by atoms with Crippen molar-refractivity contribution in [3.8, 4) is 0 Å². The van der Waals surface area contributed by atoms with Crippen molar-refractivity contribution in [1.82, 2.24) is 9.55 Å². The molecule has 1 saturated heterocycles. The van der Waals surface area contributed by atoms with Crippen molar-refractivity contribution in [3.63, 3.8) is 0 Å². The maximum atomic E-state index is 13.6. The summed E-state index contributed by atoms with van der Waals surface area (Å²) >= 11 is 0. The standard InChI is InChI=1S/C17H15F3N2O4/c18-17(19,20)16-21-10-5-8-3-1-2-4-9(8)6-11(10)22(16)15-14(25)13(24)12(7-23)26-15/h1-6,12-15,23-25H,7H2. The van der Waals surface area contributed by atoms with Crippen molar-refractivity contribution < 1.29 is 33.2 Å². The number of hydrogen-bond donors (Lipinski definition) is 3. The van der Waals surface area contributed by atoms with Crippen LogP contribution in [0, 0.1) is 0 Å². The lowest BCUT2D eigenvalue weighted by Crippen LogP contribution is -2.33. The summed E-state index contributed by atoms with van der Waals surface area (Å²) in [6, 6.07) is 10.1. The number of hydrogen-bond acceptors (Lipinski definition) is 5. The number of alkyl halides is 3. The number of halogens is 3. The van der Waals surface area contributed by atoms with Crippen LogP contribution in [0.1, 0.15) is 12.1 Å². The van der Waals surface area contributed by atoms with E-state index >= 15 is 0 Å². The van der Waals surface area contributed by atoms with E-state index in [1.165, 1.54) is 12.1 Å². The van der Waals surface area contributed by atoms with E-state index in [0.29, 0.717) is 5.39 Å². The minimum atomic E-state index is -4.80. The summed E-state index contributed by atoms with van der Waals surface area (Å²) in [5.74, 6) is -1.24. The molecule has 0 radical (unpaired) electrons. The molecule has 4 rings (SSSR count). The number of rotatable bonds is 2. The van der Waals surface area contributed by atoms with Gasteiger partial charge in [0.05, 0.1) is 17.6 Å². The van der Waals surface area contributed by atoms with Crippen molar-refractivity contribution in [2.24, 2.45) is 0 Å². The SMILES string of the molecule is OCC1OC(n2c(C(F)(F)F)nc3cc4ccccc4cc32)C(O)C1O. The molecule has 2 aromatic carbocycles. The van der Waals surface area contributed by atoms with Crippen LogP contribution in [0.4, 0.5) is 13.2 Å². The Morgan fingerprint density at radius 2 is 1.73 bits per heavy atom. The number of nitrogens with zero attached hydrogens (tertiary/aromatic N) is 2. The van der Waals surface area contributed by atoms with Gasteiger partial charge in [-0.2, -0.15) is 13.2 Å². The van der Waals surface area contributed by atoms with E-state index in [0.717, 1.165) is 9.95 Å². The highest BCUT2D eigenvalue weighted by Crippen LogP contribution is 2.39. The van der Waals surface area contributed by atoms with Crippen molar-refractivity contribution in [1.29, 1.82) is 0 Å². The van der Waals surface area contributed by atoms with Gasteiger partial charge in [0, 0.05) is 0 Å². The Morgan fingerprint density at radius 1 is 1.08 bits per heavy atom. The second-order valence-electron chi connectivity index (χ2n) is 6.22. The summed E-state index contributed by atoms with van der Waals surface area (Å²) in [6.45, 7) is -0.633. The number of aliphatic hydroxyl groups excluding tert-OH is 3. The lowest BCUT2D eigenvalue weighted by Gasteiger charge is -2.20. The van der Waals surface area contributed by atoms with E-state index in [9.17, 15) is 28.5 Å². The van der Waals surface area contributed by atoms with E-state index in [1.807, 2.05) is 0 Å². The number of aliphatic hydroxyl groups is 3. The van der Waals surface area contributed by atoms with Crippen molar-refractivity contribution in [2.45, 2.75) is 30.7 Å². The highest BCUT2D eigenvalue weighted by Gasteiger charge is 2.48. The van der Waals surface area contributed by atoms with E-state index in [-0.39, 0.29) is 11.0 Å². The van der Waals surface area contributed by atoms with Crippen LogP contribution in [-0.4, -0.2) is 49.8 Å². The average molecular weight is 368 g/mol. The molecule has 9 heteroatoms. The van der Waals surface area contributed by atoms with Crippen LogP contribution in [-0.2, 0) is 10.9 Å². The normalized spacial score (nSPS) is 26.8. The molecule has 3 N–H and O–H groups in total. The highest BCUT2D eigenvalue weighted by molar-refractivity contribution is 5.95. The van der Waals surface area contributed by atoms with Crippen LogP contribution in [0.3, 0.4) is 0 Å². The van der Waals surface area contributed by atoms with Crippen LogP contribution in [0.15, 0.2) is 36.4 Å². The molecule has 1 fully saturated rings. The number of ether oxygens (including phenoxy) is 1. The zero-order valence-electron chi connectivity index (χ0n) is 13.3. The molecule has 6 nitrogen and oxygen atoms in total. The molecule has 2 heterocycles. The van der Waals surface area contributed by atoms with Crippen molar-refractivity contribution in [3.05, 3.63) is 42.2 Å². The van der Waals surface area contributed by atoms with Gasteiger partial charge in [-0.25, -0.2) is 4.98 Å². The van der Waals surface area contributed by atoms with Gasteiger partial charge >= 0.3 is 6.18 Å². The maximum absolute atomic E-state index is 13.6. The molecular weight excluding hydrogens is 353 g/mol. The number of fused-ring (bicyclic) bond motifs is 2. The Bertz CT molecular complexity index is 972. The highest BCUT2D eigenvalue weighted by atomic mass is 19.4. The van der Waals surface area contributed by atoms with Crippen LogP contribution < -0.4 is 0 Å². The van der Waals surface area contributed by atoms with Gasteiger partial charge in [-0.05, 0) is 22.9 Å². The molecule has 0 spiro atoms. The number of aromatic nitrogens is 2. The van der Waals surface area contributed by atoms with Gasteiger partial charge in [-0.1, -0.05) is 24.3 Å². The summed E-state index contributed by atoms with van der Waals surface area (Å²) in [5, 5.41) is 30.7. The van der Waals surface area contributed by atoms with E-state index in [4.69, 9.17) is 4.74 Å². The maximum Gasteiger partial charge on any atom is 0.449 e. The largest absolute Gasteiger partial charge is 0.449 e. The topological polar surface area (TPSA) is 87.7 Å². The minimum Gasteiger partial charge on any atom is -0.394 e. The third-order valence-electron chi connectivity index (χ3n) is 4.58. The molecule has 0 amide bonds. The zero-order chi connectivity index (χ0) is 18.6. The molecular formula is C17H15F3N2O4. The molecule has 1 aliphatic heterocycles. The van der Waals surface area contributed by atoms with Gasteiger partial charge in [-0.15, -0.1) is 0 Å². The molecule has 1 aromatic heterocycles.